The number of rotatable bonds is 6. The minimum atomic E-state index is 0.936. The first-order chi connectivity index (χ1) is 31.2. The lowest BCUT2D eigenvalue weighted by molar-refractivity contribution is 1.16. The Labute approximate surface area is 366 Å². The van der Waals surface area contributed by atoms with Crippen LogP contribution in [0.1, 0.15) is 0 Å². The van der Waals surface area contributed by atoms with Crippen molar-refractivity contribution in [3.8, 4) is 56.1 Å². The Hall–Kier alpha value is -8.19. The molecule has 5 nitrogen and oxygen atoms in total. The molecule has 0 aliphatic rings. The quantitative estimate of drug-likeness (QED) is 0.168. The van der Waals surface area contributed by atoms with Gasteiger partial charge in [-0.3, -0.25) is 9.97 Å². The summed E-state index contributed by atoms with van der Waals surface area (Å²) in [6.07, 6.45) is 5.85. The summed E-state index contributed by atoms with van der Waals surface area (Å²) in [5.74, 6) is 0. The Bertz CT molecular complexity index is 3860. The van der Waals surface area contributed by atoms with Gasteiger partial charge in [0, 0.05) is 78.2 Å². The second-order valence-electron chi connectivity index (χ2n) is 16.1. The molecule has 0 saturated carbocycles. The Balaban J connectivity index is 0.920. The second-order valence-corrected chi connectivity index (χ2v) is 17.2. The summed E-state index contributed by atoms with van der Waals surface area (Å²) >= 11 is 1.79. The zero-order chi connectivity index (χ0) is 41.4. The van der Waals surface area contributed by atoms with Gasteiger partial charge in [0.15, 0.2) is 0 Å². The average molecular weight is 822 g/mol. The van der Waals surface area contributed by atoms with Crippen LogP contribution in [-0.2, 0) is 0 Å². The number of benzene rings is 7. The van der Waals surface area contributed by atoms with E-state index >= 15 is 0 Å². The summed E-state index contributed by atoms with van der Waals surface area (Å²) in [7, 11) is 0. The van der Waals surface area contributed by atoms with Gasteiger partial charge in [-0.2, -0.15) is 0 Å². The highest BCUT2D eigenvalue weighted by Gasteiger charge is 2.18. The summed E-state index contributed by atoms with van der Waals surface area (Å²) in [5, 5.41) is 5.99. The lowest BCUT2D eigenvalue weighted by atomic mass is 9.99. The van der Waals surface area contributed by atoms with Crippen LogP contribution in [0.5, 0.6) is 0 Å². The normalized spacial score (nSPS) is 11.8. The van der Waals surface area contributed by atoms with E-state index in [0.717, 1.165) is 72.7 Å². The number of nitrogens with zero attached hydrogens (tertiary/aromatic N) is 5. The number of hydrogen-bond acceptors (Lipinski definition) is 4. The highest BCUT2D eigenvalue weighted by Crippen LogP contribution is 2.40. The average Bonchev–Trinajstić information content (AvgIpc) is 4.01. The maximum Gasteiger partial charge on any atom is 0.0889 e. The van der Waals surface area contributed by atoms with Crippen LogP contribution in [0, 0.1) is 0 Å². The lowest BCUT2D eigenvalue weighted by Crippen LogP contribution is -1.98. The van der Waals surface area contributed by atoms with Crippen LogP contribution in [-0.4, -0.2) is 24.1 Å². The molecule has 0 radical (unpaired) electrons. The summed E-state index contributed by atoms with van der Waals surface area (Å²) in [4.78, 5) is 14.8. The molecule has 294 valence electrons. The van der Waals surface area contributed by atoms with Gasteiger partial charge in [-0.15, -0.1) is 11.3 Å². The number of hydrogen-bond donors (Lipinski definition) is 0. The molecule has 6 heterocycles. The van der Waals surface area contributed by atoms with E-state index in [0.29, 0.717) is 0 Å². The van der Waals surface area contributed by atoms with E-state index in [2.05, 4.69) is 185 Å². The fourth-order valence-electron chi connectivity index (χ4n) is 9.50. The van der Waals surface area contributed by atoms with Gasteiger partial charge in [-0.05, 0) is 96.1 Å². The van der Waals surface area contributed by atoms with Gasteiger partial charge in [-0.25, -0.2) is 4.98 Å². The summed E-state index contributed by atoms with van der Waals surface area (Å²) < 4.78 is 7.22. The Morgan fingerprint density at radius 1 is 0.349 bits per heavy atom. The first-order valence-corrected chi connectivity index (χ1v) is 22.0. The molecule has 0 amide bonds. The summed E-state index contributed by atoms with van der Waals surface area (Å²) in [5.41, 5.74) is 16.3. The first-order valence-electron chi connectivity index (χ1n) is 21.2. The van der Waals surface area contributed by atoms with E-state index in [1.54, 1.807) is 11.3 Å². The van der Waals surface area contributed by atoms with Crippen molar-refractivity contribution in [3.05, 3.63) is 213 Å². The standard InChI is InChI=1S/C57H35N5S/c1-3-12-36(13-4-1)49-32-43(33-50(60-49)37-14-5-2-6-15-37)62-52-19-10-8-17-45(52)47-30-39(22-25-54(47)62)41-28-40(34-58-35-41)38-21-24-53-46(29-38)44-16-7-9-18-51(44)61(53)42-23-26-55-48(31-42)57-56(63-55)20-11-27-59-57/h1-35H. The monoisotopic (exact) mass is 821 g/mol. The number of fused-ring (bicyclic) bond motifs is 9. The number of thiophene rings is 1. The molecular weight excluding hydrogens is 787 g/mol. The summed E-state index contributed by atoms with van der Waals surface area (Å²) in [6.45, 7) is 0. The zero-order valence-corrected chi connectivity index (χ0v) is 34.7. The van der Waals surface area contributed by atoms with Crippen LogP contribution >= 0.6 is 11.3 Å². The van der Waals surface area contributed by atoms with Gasteiger partial charge in [0.2, 0.25) is 0 Å². The van der Waals surface area contributed by atoms with Crippen molar-refractivity contribution in [2.75, 3.05) is 0 Å². The molecule has 63 heavy (non-hydrogen) atoms. The molecule has 7 aromatic carbocycles. The lowest BCUT2D eigenvalue weighted by Gasteiger charge is -2.13. The Morgan fingerprint density at radius 3 is 1.52 bits per heavy atom. The SMILES string of the molecule is c1ccc(-c2cc(-n3c4ccccc4c4cc(-c5cncc(-c6ccc7c(c6)c6ccccc6n7-c6ccc7sc8cccnc8c7c6)c5)ccc43)cc(-c3ccccc3)n2)cc1. The summed E-state index contributed by atoms with van der Waals surface area (Å²) in [6, 6.07) is 69.6. The molecule has 6 aromatic heterocycles. The topological polar surface area (TPSA) is 48.5 Å². The van der Waals surface area contributed by atoms with Gasteiger partial charge >= 0.3 is 0 Å². The van der Waals surface area contributed by atoms with E-state index in [4.69, 9.17) is 15.0 Å². The van der Waals surface area contributed by atoms with Gasteiger partial charge in [0.05, 0.1) is 49.4 Å². The molecule has 0 saturated heterocycles. The largest absolute Gasteiger partial charge is 0.309 e. The molecule has 0 unspecified atom stereocenters. The minimum Gasteiger partial charge on any atom is -0.309 e. The third kappa shape index (κ3) is 5.80. The van der Waals surface area contributed by atoms with Crippen molar-refractivity contribution in [3.63, 3.8) is 0 Å². The molecule has 13 rings (SSSR count). The van der Waals surface area contributed by atoms with E-state index in [9.17, 15) is 0 Å². The maximum absolute atomic E-state index is 5.17. The third-order valence-electron chi connectivity index (χ3n) is 12.4. The molecule has 0 aliphatic heterocycles. The van der Waals surface area contributed by atoms with Crippen LogP contribution in [0.4, 0.5) is 0 Å². The fraction of sp³-hybridized carbons (Fsp3) is 0. The molecule has 0 N–H and O–H groups in total. The fourth-order valence-corrected chi connectivity index (χ4v) is 10.5. The number of pyridine rings is 3. The van der Waals surface area contributed by atoms with E-state index in [-0.39, 0.29) is 0 Å². The van der Waals surface area contributed by atoms with Gasteiger partial charge in [0.1, 0.15) is 0 Å². The molecular formula is C57H35N5S. The predicted molar refractivity (Wildman–Crippen MR) is 263 cm³/mol. The molecule has 0 bridgehead atoms. The van der Waals surface area contributed by atoms with Crippen molar-refractivity contribution in [1.29, 1.82) is 0 Å². The highest BCUT2D eigenvalue weighted by atomic mass is 32.1. The van der Waals surface area contributed by atoms with Gasteiger partial charge < -0.3 is 9.13 Å². The van der Waals surface area contributed by atoms with Crippen LogP contribution in [0.2, 0.25) is 0 Å². The number of para-hydroxylation sites is 2. The van der Waals surface area contributed by atoms with Crippen LogP contribution < -0.4 is 0 Å². The molecule has 0 spiro atoms. The molecule has 0 aliphatic carbocycles. The van der Waals surface area contributed by atoms with E-state index in [1.807, 2.05) is 36.8 Å². The highest BCUT2D eigenvalue weighted by molar-refractivity contribution is 7.25. The Morgan fingerprint density at radius 2 is 0.905 bits per heavy atom. The minimum absolute atomic E-state index is 0.936. The molecule has 13 aromatic rings. The van der Waals surface area contributed by atoms with Crippen LogP contribution in [0.15, 0.2) is 213 Å². The van der Waals surface area contributed by atoms with Gasteiger partial charge in [0.25, 0.3) is 0 Å². The van der Waals surface area contributed by atoms with E-state index in [1.165, 1.54) is 47.4 Å². The van der Waals surface area contributed by atoms with Crippen molar-refractivity contribution in [1.82, 2.24) is 24.1 Å². The first kappa shape index (κ1) is 35.6. The van der Waals surface area contributed by atoms with Crippen molar-refractivity contribution < 1.29 is 0 Å². The zero-order valence-electron chi connectivity index (χ0n) is 33.9. The molecule has 0 atom stereocenters. The molecule has 0 fully saturated rings. The van der Waals surface area contributed by atoms with Gasteiger partial charge in [-0.1, -0.05) is 109 Å². The van der Waals surface area contributed by atoms with E-state index < -0.39 is 0 Å². The number of aromatic nitrogens is 5. The third-order valence-corrected chi connectivity index (χ3v) is 13.5. The van der Waals surface area contributed by atoms with Crippen molar-refractivity contribution >= 4 is 75.3 Å². The Kier molecular flexibility index (Phi) is 8.01. The predicted octanol–water partition coefficient (Wildman–Crippen LogP) is 15.1. The molecule has 6 heteroatoms. The maximum atomic E-state index is 5.17. The van der Waals surface area contributed by atoms with Crippen molar-refractivity contribution in [2.45, 2.75) is 0 Å². The smallest absolute Gasteiger partial charge is 0.0889 e. The van der Waals surface area contributed by atoms with Crippen molar-refractivity contribution in [2.24, 2.45) is 0 Å². The van der Waals surface area contributed by atoms with Crippen LogP contribution in [0.3, 0.4) is 0 Å². The van der Waals surface area contributed by atoms with Crippen LogP contribution in [0.25, 0.3) is 120 Å². The second kappa shape index (κ2) is 14.2.